The molecule has 0 aliphatic carbocycles. The Labute approximate surface area is 188 Å². The average Bonchev–Trinajstić information content (AvgIpc) is 2.78. The van der Waals surface area contributed by atoms with Crippen LogP contribution in [0.15, 0.2) is 47.6 Å². The van der Waals surface area contributed by atoms with Gasteiger partial charge in [0.25, 0.3) is 0 Å². The third-order valence-electron chi connectivity index (χ3n) is 5.05. The van der Waals surface area contributed by atoms with E-state index in [0.717, 1.165) is 49.1 Å². The summed E-state index contributed by atoms with van der Waals surface area (Å²) in [6, 6.07) is 10.7. The summed E-state index contributed by atoms with van der Waals surface area (Å²) in [4.78, 5) is 13.6. The molecule has 2 aromatic rings. The Bertz CT molecular complexity index is 862. The number of aliphatic imine (C=N–C) groups is 1. The molecule has 1 N–H and O–H groups in total. The number of hydrogen-bond donors (Lipinski definition) is 1. The van der Waals surface area contributed by atoms with E-state index in [9.17, 15) is 8.78 Å². The molecular weight excluding hydrogens is 416 g/mol. The zero-order chi connectivity index (χ0) is 22.9. The van der Waals surface area contributed by atoms with Gasteiger partial charge in [0.2, 0.25) is 0 Å². The van der Waals surface area contributed by atoms with Gasteiger partial charge in [0, 0.05) is 39.4 Å². The number of hydrogen-bond acceptors (Lipinski definition) is 5. The van der Waals surface area contributed by atoms with E-state index < -0.39 is 6.61 Å². The number of morpholine rings is 1. The van der Waals surface area contributed by atoms with E-state index in [0.29, 0.717) is 13.1 Å². The molecule has 1 aromatic carbocycles. The van der Waals surface area contributed by atoms with Crippen molar-refractivity contribution in [3.8, 4) is 5.75 Å². The summed E-state index contributed by atoms with van der Waals surface area (Å²) in [5, 5.41) is 3.29. The zero-order valence-corrected chi connectivity index (χ0v) is 18.8. The number of benzene rings is 1. The first-order valence-corrected chi connectivity index (χ1v) is 10.8. The number of halogens is 2. The normalized spacial score (nSPS) is 16.9. The first-order chi connectivity index (χ1) is 15.4. The monoisotopic (exact) mass is 447 g/mol. The van der Waals surface area contributed by atoms with Gasteiger partial charge in [-0.3, -0.25) is 0 Å². The quantitative estimate of drug-likeness (QED) is 0.494. The molecular formula is C23H31F2N5O2. The van der Waals surface area contributed by atoms with Gasteiger partial charge in [0.1, 0.15) is 11.6 Å². The number of rotatable bonds is 8. The number of anilines is 1. The van der Waals surface area contributed by atoms with Gasteiger partial charge in [-0.05, 0) is 43.2 Å². The fourth-order valence-corrected chi connectivity index (χ4v) is 3.48. The maximum Gasteiger partial charge on any atom is 0.387 e. The number of guanidine groups is 1. The Morgan fingerprint density at radius 1 is 1.28 bits per heavy atom. The molecule has 0 saturated carbocycles. The van der Waals surface area contributed by atoms with Crippen LogP contribution in [-0.4, -0.2) is 61.8 Å². The van der Waals surface area contributed by atoms with Gasteiger partial charge in [0.05, 0.1) is 19.3 Å². The van der Waals surface area contributed by atoms with Gasteiger partial charge >= 0.3 is 6.61 Å². The second-order valence-corrected chi connectivity index (χ2v) is 7.70. The predicted octanol–water partition coefficient (Wildman–Crippen LogP) is 3.51. The Morgan fingerprint density at radius 3 is 2.66 bits per heavy atom. The maximum atomic E-state index is 12.3. The van der Waals surface area contributed by atoms with Crippen molar-refractivity contribution in [1.29, 1.82) is 0 Å². The second-order valence-electron chi connectivity index (χ2n) is 7.70. The van der Waals surface area contributed by atoms with Crippen molar-refractivity contribution in [3.63, 3.8) is 0 Å². The minimum Gasteiger partial charge on any atom is -0.435 e. The van der Waals surface area contributed by atoms with Crippen molar-refractivity contribution in [2.24, 2.45) is 4.99 Å². The van der Waals surface area contributed by atoms with Gasteiger partial charge in [-0.15, -0.1) is 0 Å². The molecule has 7 nitrogen and oxygen atoms in total. The molecule has 3 rings (SSSR count). The molecule has 174 valence electrons. The summed E-state index contributed by atoms with van der Waals surface area (Å²) < 4.78 is 34.6. The fraction of sp³-hybridized carbons (Fsp3) is 0.478. The molecule has 0 radical (unpaired) electrons. The molecule has 1 aliphatic rings. The lowest BCUT2D eigenvalue weighted by atomic mass is 10.2. The molecule has 0 bridgehead atoms. The van der Waals surface area contributed by atoms with Crippen LogP contribution in [0.5, 0.6) is 5.75 Å². The molecule has 1 fully saturated rings. The highest BCUT2D eigenvalue weighted by molar-refractivity contribution is 5.79. The van der Waals surface area contributed by atoms with Crippen LogP contribution in [0.25, 0.3) is 0 Å². The summed E-state index contributed by atoms with van der Waals surface area (Å²) in [6.07, 6.45) is 2.07. The lowest BCUT2D eigenvalue weighted by Gasteiger charge is -2.32. The minimum atomic E-state index is -2.82. The number of nitrogens with zero attached hydrogens (tertiary/aromatic N) is 4. The highest BCUT2D eigenvalue weighted by Crippen LogP contribution is 2.17. The third-order valence-corrected chi connectivity index (χ3v) is 5.05. The lowest BCUT2D eigenvalue weighted by Crippen LogP contribution is -2.41. The van der Waals surface area contributed by atoms with E-state index in [1.807, 2.05) is 31.1 Å². The molecule has 0 spiro atoms. The van der Waals surface area contributed by atoms with Crippen LogP contribution >= 0.6 is 0 Å². The van der Waals surface area contributed by atoms with E-state index in [1.165, 1.54) is 0 Å². The molecule has 1 atom stereocenters. The van der Waals surface area contributed by atoms with Crippen molar-refractivity contribution in [2.45, 2.75) is 39.7 Å². The highest BCUT2D eigenvalue weighted by atomic mass is 19.3. The summed E-state index contributed by atoms with van der Waals surface area (Å²) >= 11 is 0. The maximum absolute atomic E-state index is 12.3. The van der Waals surface area contributed by atoms with Crippen molar-refractivity contribution in [2.75, 3.05) is 38.2 Å². The van der Waals surface area contributed by atoms with E-state index in [4.69, 9.17) is 9.73 Å². The lowest BCUT2D eigenvalue weighted by molar-refractivity contribution is -0.0498. The van der Waals surface area contributed by atoms with Crippen LogP contribution in [0, 0.1) is 0 Å². The Balaban J connectivity index is 1.59. The summed E-state index contributed by atoms with van der Waals surface area (Å²) in [5.74, 6) is 1.86. The Morgan fingerprint density at radius 2 is 2.03 bits per heavy atom. The molecule has 9 heteroatoms. The highest BCUT2D eigenvalue weighted by Gasteiger charge is 2.17. The number of ether oxygens (including phenoxy) is 2. The van der Waals surface area contributed by atoms with Gasteiger partial charge in [-0.1, -0.05) is 18.2 Å². The zero-order valence-electron chi connectivity index (χ0n) is 18.8. The van der Waals surface area contributed by atoms with Crippen LogP contribution in [0.3, 0.4) is 0 Å². The largest absolute Gasteiger partial charge is 0.435 e. The van der Waals surface area contributed by atoms with Gasteiger partial charge in [0.15, 0.2) is 5.96 Å². The number of aromatic nitrogens is 1. The van der Waals surface area contributed by atoms with E-state index in [-0.39, 0.29) is 11.9 Å². The molecule has 32 heavy (non-hydrogen) atoms. The molecule has 1 aliphatic heterocycles. The summed E-state index contributed by atoms with van der Waals surface area (Å²) in [5.41, 5.74) is 1.98. The number of alkyl halides is 2. The van der Waals surface area contributed by atoms with Crippen molar-refractivity contribution < 1.29 is 18.3 Å². The van der Waals surface area contributed by atoms with Crippen LogP contribution in [0.2, 0.25) is 0 Å². The molecule has 1 saturated heterocycles. The van der Waals surface area contributed by atoms with Crippen LogP contribution in [-0.2, 0) is 17.8 Å². The second kappa shape index (κ2) is 11.6. The van der Waals surface area contributed by atoms with Crippen LogP contribution < -0.4 is 15.0 Å². The first-order valence-electron chi connectivity index (χ1n) is 10.8. The van der Waals surface area contributed by atoms with Crippen LogP contribution in [0.1, 0.15) is 25.0 Å². The minimum absolute atomic E-state index is 0.148. The molecule has 1 aromatic heterocycles. The molecule has 1 unspecified atom stereocenters. The Hall–Kier alpha value is -2.94. The standard InChI is InChI=1S/C23H31F2N5O2/c1-4-26-23(29(3)16-18-5-8-20(9-6-18)32-22(24)25)28-14-19-7-10-21(27-13-19)30-11-12-31-17(2)15-30/h5-10,13,17,22H,4,11-12,14-16H2,1-3H3,(H,26,28). The topological polar surface area (TPSA) is 62.2 Å². The Kier molecular flexibility index (Phi) is 8.61. The average molecular weight is 448 g/mol. The molecule has 2 heterocycles. The van der Waals surface area contributed by atoms with Gasteiger partial charge in [-0.2, -0.15) is 8.78 Å². The van der Waals surface area contributed by atoms with E-state index in [2.05, 4.69) is 32.9 Å². The smallest absolute Gasteiger partial charge is 0.387 e. The predicted molar refractivity (Wildman–Crippen MR) is 121 cm³/mol. The SMILES string of the molecule is CCNC(=NCc1ccc(N2CCOC(C)C2)nc1)N(C)Cc1ccc(OC(F)F)cc1. The van der Waals surface area contributed by atoms with E-state index >= 15 is 0 Å². The number of nitrogens with one attached hydrogen (secondary N) is 1. The third kappa shape index (κ3) is 7.05. The van der Waals surface area contributed by atoms with Gasteiger partial charge in [-0.25, -0.2) is 9.98 Å². The first kappa shape index (κ1) is 23.7. The summed E-state index contributed by atoms with van der Waals surface area (Å²) in [6.45, 7) is 5.48. The summed E-state index contributed by atoms with van der Waals surface area (Å²) in [7, 11) is 1.94. The van der Waals surface area contributed by atoms with Crippen molar-refractivity contribution in [1.82, 2.24) is 15.2 Å². The van der Waals surface area contributed by atoms with E-state index in [1.54, 1.807) is 24.3 Å². The van der Waals surface area contributed by atoms with Crippen LogP contribution in [0.4, 0.5) is 14.6 Å². The number of pyridine rings is 1. The van der Waals surface area contributed by atoms with Crippen molar-refractivity contribution in [3.05, 3.63) is 53.7 Å². The fourth-order valence-electron chi connectivity index (χ4n) is 3.48. The van der Waals surface area contributed by atoms with Crippen molar-refractivity contribution >= 4 is 11.8 Å². The molecule has 0 amide bonds. The van der Waals surface area contributed by atoms with Gasteiger partial charge < -0.3 is 24.6 Å².